The molecule has 9 heteroatoms. The molecule has 2 aromatic heterocycles. The second kappa shape index (κ2) is 5.28. The van der Waals surface area contributed by atoms with Crippen LogP contribution in [0, 0.1) is 0 Å². The van der Waals surface area contributed by atoms with Crippen molar-refractivity contribution in [2.45, 2.75) is 0 Å². The first-order valence-corrected chi connectivity index (χ1v) is 7.82. The fraction of sp³-hybridized carbons (Fsp3) is 0.0714. The Hall–Kier alpha value is -2.52. The number of aromatic nitrogens is 4. The maximum absolute atomic E-state index is 11.9. The number of nitrogens with zero attached hydrogens (tertiary/aromatic N) is 4. The highest BCUT2D eigenvalue weighted by Gasteiger charge is 2.23. The summed E-state index contributed by atoms with van der Waals surface area (Å²) in [6, 6.07) is 7.55. The van der Waals surface area contributed by atoms with Gasteiger partial charge in [0.1, 0.15) is 10.1 Å². The van der Waals surface area contributed by atoms with Crippen molar-refractivity contribution < 1.29 is 9.53 Å². The minimum atomic E-state index is -0.212. The summed E-state index contributed by atoms with van der Waals surface area (Å²) in [5, 5.41) is 15.3. The van der Waals surface area contributed by atoms with E-state index in [1.165, 1.54) is 11.8 Å². The predicted octanol–water partition coefficient (Wildman–Crippen LogP) is 1.77. The molecule has 0 radical (unpaired) electrons. The number of pyridine rings is 1. The number of tetrazole rings is 1. The molecule has 0 aliphatic carbocycles. The SMILES string of the molecule is COc1ccc2c(c1)cc(/C=C1\SC(=S)NC1=O)c1nnnn12. The van der Waals surface area contributed by atoms with Crippen molar-refractivity contribution in [3.05, 3.63) is 34.7 Å². The van der Waals surface area contributed by atoms with E-state index in [-0.39, 0.29) is 5.91 Å². The average molecular weight is 343 g/mol. The molecule has 1 fully saturated rings. The summed E-state index contributed by atoms with van der Waals surface area (Å²) in [6.07, 6.45) is 1.74. The molecule has 0 atom stereocenters. The van der Waals surface area contributed by atoms with E-state index in [0.29, 0.717) is 14.9 Å². The minimum Gasteiger partial charge on any atom is -0.497 e. The molecule has 7 nitrogen and oxygen atoms in total. The number of carbonyl (C=O) groups excluding carboxylic acids is 1. The molecule has 1 amide bonds. The second-order valence-electron chi connectivity index (χ2n) is 4.79. The summed E-state index contributed by atoms with van der Waals surface area (Å²) < 4.78 is 7.34. The lowest BCUT2D eigenvalue weighted by Gasteiger charge is -2.06. The van der Waals surface area contributed by atoms with Crippen LogP contribution in [-0.4, -0.2) is 37.4 Å². The Labute approximate surface area is 139 Å². The molecular formula is C14H9N5O2S2. The first kappa shape index (κ1) is 14.1. The van der Waals surface area contributed by atoms with Gasteiger partial charge >= 0.3 is 0 Å². The number of benzene rings is 1. The van der Waals surface area contributed by atoms with Crippen molar-refractivity contribution in [3.8, 4) is 5.75 Å². The number of thiocarbonyl (C=S) groups is 1. The molecule has 1 saturated heterocycles. The number of methoxy groups -OCH3 is 1. The average Bonchev–Trinajstić information content (AvgIpc) is 3.14. The summed E-state index contributed by atoms with van der Waals surface area (Å²) in [4.78, 5) is 12.4. The summed E-state index contributed by atoms with van der Waals surface area (Å²) in [6.45, 7) is 0. The van der Waals surface area contributed by atoms with E-state index in [0.717, 1.165) is 22.2 Å². The van der Waals surface area contributed by atoms with Crippen LogP contribution in [-0.2, 0) is 4.79 Å². The van der Waals surface area contributed by atoms with Crippen molar-refractivity contribution in [3.63, 3.8) is 0 Å². The van der Waals surface area contributed by atoms with Gasteiger partial charge in [-0.2, -0.15) is 4.52 Å². The number of fused-ring (bicyclic) bond motifs is 3. The molecule has 114 valence electrons. The third-order valence-corrected chi connectivity index (χ3v) is 4.59. The minimum absolute atomic E-state index is 0.212. The Balaban J connectivity index is 1.97. The first-order valence-electron chi connectivity index (χ1n) is 6.59. The Kier molecular flexibility index (Phi) is 3.24. The number of hydrogen-bond donors (Lipinski definition) is 1. The third-order valence-electron chi connectivity index (χ3n) is 3.43. The lowest BCUT2D eigenvalue weighted by atomic mass is 10.1. The van der Waals surface area contributed by atoms with Gasteiger partial charge in [0.05, 0.1) is 17.5 Å². The smallest absolute Gasteiger partial charge is 0.263 e. The fourth-order valence-electron chi connectivity index (χ4n) is 2.40. The van der Waals surface area contributed by atoms with Crippen molar-refractivity contribution in [2.75, 3.05) is 7.11 Å². The molecule has 3 heterocycles. The zero-order chi connectivity index (χ0) is 16.0. The summed E-state index contributed by atoms with van der Waals surface area (Å²) in [5.74, 6) is 0.522. The number of amides is 1. The molecule has 23 heavy (non-hydrogen) atoms. The van der Waals surface area contributed by atoms with E-state index in [9.17, 15) is 4.79 Å². The Bertz CT molecular complexity index is 1010. The Morgan fingerprint density at radius 3 is 3.00 bits per heavy atom. The van der Waals surface area contributed by atoms with Crippen LogP contribution in [0.1, 0.15) is 5.56 Å². The number of ether oxygens (including phenoxy) is 1. The molecule has 1 aliphatic rings. The standard InChI is InChI=1S/C14H9N5O2S2/c1-21-9-2-3-10-7(5-9)4-8(12-16-17-18-19(10)12)6-11-13(20)15-14(22)23-11/h2-6H,1H3,(H,15,20,22)/b11-6-. The predicted molar refractivity (Wildman–Crippen MR) is 91.1 cm³/mol. The molecule has 0 saturated carbocycles. The molecule has 0 unspecified atom stereocenters. The molecule has 1 aliphatic heterocycles. The van der Waals surface area contributed by atoms with Crippen LogP contribution in [0.4, 0.5) is 0 Å². The quantitative estimate of drug-likeness (QED) is 0.561. The second-order valence-corrected chi connectivity index (χ2v) is 6.51. The lowest BCUT2D eigenvalue weighted by Crippen LogP contribution is -2.17. The first-order chi connectivity index (χ1) is 11.2. The van der Waals surface area contributed by atoms with Gasteiger partial charge in [-0.3, -0.25) is 4.79 Å². The molecule has 0 spiro atoms. The van der Waals surface area contributed by atoms with Gasteiger partial charge in [-0.05, 0) is 40.8 Å². The van der Waals surface area contributed by atoms with Crippen molar-refractivity contribution >= 4 is 56.8 Å². The van der Waals surface area contributed by atoms with Gasteiger partial charge in [-0.15, -0.1) is 5.10 Å². The number of carbonyl (C=O) groups is 1. The Morgan fingerprint density at radius 2 is 2.26 bits per heavy atom. The van der Waals surface area contributed by atoms with Crippen LogP contribution in [0.5, 0.6) is 5.75 Å². The normalized spacial score (nSPS) is 16.5. The van der Waals surface area contributed by atoms with Gasteiger partial charge in [-0.25, -0.2) is 0 Å². The lowest BCUT2D eigenvalue weighted by molar-refractivity contribution is -0.115. The molecular weight excluding hydrogens is 334 g/mol. The van der Waals surface area contributed by atoms with Gasteiger partial charge in [0.2, 0.25) is 0 Å². The van der Waals surface area contributed by atoms with E-state index in [1.807, 2.05) is 24.3 Å². The zero-order valence-corrected chi connectivity index (χ0v) is 13.4. The molecule has 1 N–H and O–H groups in total. The highest BCUT2D eigenvalue weighted by Crippen LogP contribution is 2.29. The molecule has 4 rings (SSSR count). The van der Waals surface area contributed by atoms with Crippen molar-refractivity contribution in [1.82, 2.24) is 25.4 Å². The number of nitrogens with one attached hydrogen (secondary N) is 1. The topological polar surface area (TPSA) is 81.4 Å². The maximum atomic E-state index is 11.9. The van der Waals surface area contributed by atoms with Crippen LogP contribution in [0.3, 0.4) is 0 Å². The number of rotatable bonds is 2. The van der Waals surface area contributed by atoms with E-state index >= 15 is 0 Å². The molecule has 3 aromatic rings. The van der Waals surface area contributed by atoms with Gasteiger partial charge in [0, 0.05) is 10.9 Å². The fourth-order valence-corrected chi connectivity index (χ4v) is 3.43. The summed E-state index contributed by atoms with van der Waals surface area (Å²) in [5.41, 5.74) is 2.16. The van der Waals surface area contributed by atoms with E-state index < -0.39 is 0 Å². The largest absolute Gasteiger partial charge is 0.497 e. The maximum Gasteiger partial charge on any atom is 0.263 e. The zero-order valence-electron chi connectivity index (χ0n) is 11.8. The highest BCUT2D eigenvalue weighted by atomic mass is 32.2. The third kappa shape index (κ3) is 2.34. The highest BCUT2D eigenvalue weighted by molar-refractivity contribution is 8.26. The molecule has 1 aromatic carbocycles. The van der Waals surface area contributed by atoms with Crippen LogP contribution in [0.25, 0.3) is 22.6 Å². The number of thioether (sulfide) groups is 1. The summed E-state index contributed by atoms with van der Waals surface area (Å²) >= 11 is 6.23. The van der Waals surface area contributed by atoms with Crippen LogP contribution >= 0.6 is 24.0 Å². The van der Waals surface area contributed by atoms with E-state index in [4.69, 9.17) is 17.0 Å². The Morgan fingerprint density at radius 1 is 1.39 bits per heavy atom. The van der Waals surface area contributed by atoms with Crippen LogP contribution in [0.15, 0.2) is 29.2 Å². The van der Waals surface area contributed by atoms with E-state index in [2.05, 4.69) is 20.8 Å². The van der Waals surface area contributed by atoms with Gasteiger partial charge in [0.15, 0.2) is 5.65 Å². The van der Waals surface area contributed by atoms with Gasteiger partial charge in [0.25, 0.3) is 5.91 Å². The summed E-state index contributed by atoms with van der Waals surface area (Å²) in [7, 11) is 1.61. The van der Waals surface area contributed by atoms with Crippen LogP contribution < -0.4 is 10.1 Å². The van der Waals surface area contributed by atoms with Crippen molar-refractivity contribution in [1.29, 1.82) is 0 Å². The van der Waals surface area contributed by atoms with Gasteiger partial charge in [-0.1, -0.05) is 24.0 Å². The van der Waals surface area contributed by atoms with Gasteiger partial charge < -0.3 is 10.1 Å². The van der Waals surface area contributed by atoms with Crippen molar-refractivity contribution in [2.24, 2.45) is 0 Å². The molecule has 0 bridgehead atoms. The monoisotopic (exact) mass is 343 g/mol. The van der Waals surface area contributed by atoms with Crippen LogP contribution in [0.2, 0.25) is 0 Å². The van der Waals surface area contributed by atoms with E-state index in [1.54, 1.807) is 17.7 Å². The number of hydrogen-bond acceptors (Lipinski definition) is 7.